The molecule has 0 saturated carbocycles. The Bertz CT molecular complexity index is 447. The Morgan fingerprint density at radius 1 is 1.44 bits per heavy atom. The van der Waals surface area contributed by atoms with Crippen molar-refractivity contribution in [3.8, 4) is 5.75 Å². The van der Waals surface area contributed by atoms with Gasteiger partial charge in [0.05, 0.1) is 12.7 Å². The molecule has 1 N–H and O–H groups in total. The third-order valence-corrected chi connectivity index (χ3v) is 2.06. The standard InChI is InChI=1S/C12H12O4/c1-8-5-9(3-4-12(14)15)10(7-13)11(6-8)16-2/h3-7H,1-2H3,(H,14,15)/b4-3+. The number of hydrogen-bond acceptors (Lipinski definition) is 3. The minimum Gasteiger partial charge on any atom is -0.496 e. The summed E-state index contributed by atoms with van der Waals surface area (Å²) in [5.74, 6) is -0.614. The highest BCUT2D eigenvalue weighted by molar-refractivity contribution is 5.91. The number of aliphatic carboxylic acids is 1. The van der Waals surface area contributed by atoms with Crippen molar-refractivity contribution in [1.29, 1.82) is 0 Å². The predicted molar refractivity (Wildman–Crippen MR) is 59.8 cm³/mol. The second-order valence-corrected chi connectivity index (χ2v) is 3.26. The van der Waals surface area contributed by atoms with E-state index in [0.29, 0.717) is 23.2 Å². The Hall–Kier alpha value is -2.10. The van der Waals surface area contributed by atoms with E-state index in [0.717, 1.165) is 11.6 Å². The summed E-state index contributed by atoms with van der Waals surface area (Å²) in [6, 6.07) is 3.45. The summed E-state index contributed by atoms with van der Waals surface area (Å²) >= 11 is 0. The number of ether oxygens (including phenoxy) is 1. The molecule has 0 fully saturated rings. The van der Waals surface area contributed by atoms with Crippen LogP contribution >= 0.6 is 0 Å². The summed E-state index contributed by atoms with van der Waals surface area (Å²) in [7, 11) is 1.46. The average Bonchev–Trinajstić information content (AvgIpc) is 2.25. The molecule has 0 unspecified atom stereocenters. The fraction of sp³-hybridized carbons (Fsp3) is 0.167. The second kappa shape index (κ2) is 5.11. The van der Waals surface area contributed by atoms with E-state index in [4.69, 9.17) is 9.84 Å². The quantitative estimate of drug-likeness (QED) is 0.622. The third-order valence-electron chi connectivity index (χ3n) is 2.06. The molecule has 0 saturated heterocycles. The number of carbonyl (C=O) groups is 2. The van der Waals surface area contributed by atoms with E-state index in [-0.39, 0.29) is 0 Å². The van der Waals surface area contributed by atoms with Gasteiger partial charge in [0.1, 0.15) is 5.75 Å². The molecule has 4 heteroatoms. The van der Waals surface area contributed by atoms with Crippen LogP contribution in [-0.2, 0) is 4.79 Å². The normalized spacial score (nSPS) is 10.4. The Morgan fingerprint density at radius 2 is 2.12 bits per heavy atom. The molecule has 4 nitrogen and oxygen atoms in total. The van der Waals surface area contributed by atoms with Gasteiger partial charge in [-0.1, -0.05) is 6.07 Å². The molecule has 0 heterocycles. The summed E-state index contributed by atoms with van der Waals surface area (Å²) in [5, 5.41) is 8.53. The van der Waals surface area contributed by atoms with Crippen molar-refractivity contribution in [1.82, 2.24) is 0 Å². The molecular formula is C12H12O4. The van der Waals surface area contributed by atoms with Crippen LogP contribution in [0.1, 0.15) is 21.5 Å². The molecule has 0 aromatic heterocycles. The van der Waals surface area contributed by atoms with Crippen molar-refractivity contribution < 1.29 is 19.4 Å². The number of rotatable bonds is 4. The van der Waals surface area contributed by atoms with Gasteiger partial charge in [0, 0.05) is 6.08 Å². The van der Waals surface area contributed by atoms with Crippen LogP contribution in [0.5, 0.6) is 5.75 Å². The predicted octanol–water partition coefficient (Wildman–Crippen LogP) is 1.91. The highest BCUT2D eigenvalue weighted by atomic mass is 16.5. The molecule has 0 spiro atoms. The molecule has 1 aromatic rings. The zero-order valence-electron chi connectivity index (χ0n) is 9.06. The second-order valence-electron chi connectivity index (χ2n) is 3.26. The van der Waals surface area contributed by atoms with Crippen LogP contribution < -0.4 is 4.74 Å². The largest absolute Gasteiger partial charge is 0.496 e. The van der Waals surface area contributed by atoms with Gasteiger partial charge in [-0.05, 0) is 30.2 Å². The fourth-order valence-electron chi connectivity index (χ4n) is 1.39. The zero-order valence-corrected chi connectivity index (χ0v) is 9.06. The van der Waals surface area contributed by atoms with Gasteiger partial charge in [-0.2, -0.15) is 0 Å². The minimum atomic E-state index is -1.06. The monoisotopic (exact) mass is 220 g/mol. The lowest BCUT2D eigenvalue weighted by Gasteiger charge is -2.08. The van der Waals surface area contributed by atoms with E-state index in [1.54, 1.807) is 12.1 Å². The topological polar surface area (TPSA) is 63.6 Å². The first-order chi connectivity index (χ1) is 7.58. The van der Waals surface area contributed by atoms with E-state index >= 15 is 0 Å². The van der Waals surface area contributed by atoms with E-state index < -0.39 is 5.97 Å². The Morgan fingerprint density at radius 3 is 2.62 bits per heavy atom. The summed E-state index contributed by atoms with van der Waals surface area (Å²) in [5.41, 5.74) is 1.78. The van der Waals surface area contributed by atoms with Gasteiger partial charge in [-0.25, -0.2) is 4.79 Å². The Kier molecular flexibility index (Phi) is 3.83. The summed E-state index contributed by atoms with van der Waals surface area (Å²) in [4.78, 5) is 21.3. The summed E-state index contributed by atoms with van der Waals surface area (Å²) in [6.45, 7) is 1.84. The third kappa shape index (κ3) is 2.70. The molecule has 0 aliphatic carbocycles. The van der Waals surface area contributed by atoms with Crippen molar-refractivity contribution in [3.05, 3.63) is 34.9 Å². The van der Waals surface area contributed by atoms with Crippen LogP contribution in [0.3, 0.4) is 0 Å². The van der Waals surface area contributed by atoms with Gasteiger partial charge in [-0.15, -0.1) is 0 Å². The van der Waals surface area contributed by atoms with Crippen molar-refractivity contribution in [2.75, 3.05) is 7.11 Å². The highest BCUT2D eigenvalue weighted by Gasteiger charge is 2.07. The lowest BCUT2D eigenvalue weighted by atomic mass is 10.0. The smallest absolute Gasteiger partial charge is 0.328 e. The van der Waals surface area contributed by atoms with Crippen LogP contribution in [0.2, 0.25) is 0 Å². The van der Waals surface area contributed by atoms with Gasteiger partial charge in [-0.3, -0.25) is 4.79 Å². The molecule has 84 valence electrons. The SMILES string of the molecule is COc1cc(C)cc(/C=C/C(=O)O)c1C=O. The van der Waals surface area contributed by atoms with E-state index in [2.05, 4.69) is 0 Å². The summed E-state index contributed by atoms with van der Waals surface area (Å²) < 4.78 is 5.05. The number of methoxy groups -OCH3 is 1. The molecule has 0 atom stereocenters. The molecule has 1 aromatic carbocycles. The summed E-state index contributed by atoms with van der Waals surface area (Å²) in [6.07, 6.45) is 3.02. The van der Waals surface area contributed by atoms with Gasteiger partial charge in [0.25, 0.3) is 0 Å². The van der Waals surface area contributed by atoms with Crippen LogP contribution in [0.15, 0.2) is 18.2 Å². The van der Waals surface area contributed by atoms with Gasteiger partial charge in [0.2, 0.25) is 0 Å². The number of aldehydes is 1. The Labute approximate surface area is 93.2 Å². The van der Waals surface area contributed by atoms with Crippen LogP contribution in [0.4, 0.5) is 0 Å². The highest BCUT2D eigenvalue weighted by Crippen LogP contribution is 2.23. The number of benzene rings is 1. The molecule has 0 radical (unpaired) electrons. The van der Waals surface area contributed by atoms with Gasteiger partial charge < -0.3 is 9.84 Å². The first-order valence-corrected chi connectivity index (χ1v) is 4.63. The molecule has 0 bridgehead atoms. The lowest BCUT2D eigenvalue weighted by molar-refractivity contribution is -0.131. The van der Waals surface area contributed by atoms with Crippen molar-refractivity contribution in [2.45, 2.75) is 6.92 Å². The van der Waals surface area contributed by atoms with Crippen molar-refractivity contribution >= 4 is 18.3 Å². The first kappa shape index (κ1) is 12.0. The molecule has 1 rings (SSSR count). The number of aryl methyl sites for hydroxylation is 1. The van der Waals surface area contributed by atoms with E-state index in [1.165, 1.54) is 13.2 Å². The molecular weight excluding hydrogens is 208 g/mol. The molecule has 0 aliphatic rings. The molecule has 16 heavy (non-hydrogen) atoms. The van der Waals surface area contributed by atoms with Crippen LogP contribution in [0, 0.1) is 6.92 Å². The maximum Gasteiger partial charge on any atom is 0.328 e. The molecule has 0 aliphatic heterocycles. The van der Waals surface area contributed by atoms with E-state index in [1.807, 2.05) is 6.92 Å². The maximum atomic E-state index is 10.9. The van der Waals surface area contributed by atoms with Crippen LogP contribution in [0.25, 0.3) is 6.08 Å². The Balaban J connectivity index is 3.30. The number of carboxylic acid groups (broad SMARTS) is 1. The maximum absolute atomic E-state index is 10.9. The molecule has 0 amide bonds. The van der Waals surface area contributed by atoms with Gasteiger partial charge >= 0.3 is 5.97 Å². The minimum absolute atomic E-state index is 0.352. The van der Waals surface area contributed by atoms with E-state index in [9.17, 15) is 9.59 Å². The number of carboxylic acids is 1. The number of carbonyl (C=O) groups excluding carboxylic acids is 1. The van der Waals surface area contributed by atoms with Gasteiger partial charge in [0.15, 0.2) is 6.29 Å². The number of hydrogen-bond donors (Lipinski definition) is 1. The first-order valence-electron chi connectivity index (χ1n) is 4.63. The van der Waals surface area contributed by atoms with Crippen molar-refractivity contribution in [3.63, 3.8) is 0 Å². The lowest BCUT2D eigenvalue weighted by Crippen LogP contribution is -1.96. The zero-order chi connectivity index (χ0) is 12.1. The average molecular weight is 220 g/mol. The van der Waals surface area contributed by atoms with Crippen molar-refractivity contribution in [2.24, 2.45) is 0 Å². The van der Waals surface area contributed by atoms with Crippen LogP contribution in [-0.4, -0.2) is 24.5 Å². The fourth-order valence-corrected chi connectivity index (χ4v) is 1.39.